The van der Waals surface area contributed by atoms with Gasteiger partial charge in [-0.3, -0.25) is 14.9 Å². The highest BCUT2D eigenvalue weighted by atomic mass is 79.9. The summed E-state index contributed by atoms with van der Waals surface area (Å²) in [5.41, 5.74) is 3.05. The lowest BCUT2D eigenvalue weighted by atomic mass is 10.2. The molecule has 3 aromatic carbocycles. The summed E-state index contributed by atoms with van der Waals surface area (Å²) in [6.45, 7) is -0.241. The van der Waals surface area contributed by atoms with E-state index in [9.17, 15) is 19.7 Å². The first-order valence-electron chi connectivity index (χ1n) is 9.28. The first-order chi connectivity index (χ1) is 15.8. The van der Waals surface area contributed by atoms with Crippen molar-refractivity contribution in [3.05, 3.63) is 97.5 Å². The number of non-ortho nitro benzene ring substituents is 1. The van der Waals surface area contributed by atoms with E-state index in [1.807, 2.05) is 0 Å². The number of amides is 1. The molecule has 0 saturated heterocycles. The van der Waals surface area contributed by atoms with Crippen molar-refractivity contribution < 1.29 is 24.0 Å². The van der Waals surface area contributed by atoms with E-state index in [0.717, 1.165) is 0 Å². The minimum absolute atomic E-state index is 0.119. The third-order valence-electron chi connectivity index (χ3n) is 4.06. The summed E-state index contributed by atoms with van der Waals surface area (Å²) in [5, 5.41) is 15.1. The average molecular weight is 533 g/mol. The number of hydrazone groups is 1. The minimum atomic E-state index is -0.647. The zero-order valence-electron chi connectivity index (χ0n) is 16.7. The maximum Gasteiger partial charge on any atom is 0.343 e. The number of nitrogens with one attached hydrogen (secondary N) is 1. The number of carbonyl (C=O) groups excluding carboxylic acids is 2. The fourth-order valence-electron chi connectivity index (χ4n) is 2.45. The SMILES string of the molecule is O=C(COc1ccc(Cl)cc1Br)N/N=C/c1ccc(OC(=O)c2ccc([N+](=O)[O-])cc2)cc1. The standard InChI is InChI=1S/C22H15BrClN3O6/c23-19-11-16(24)5-10-20(19)32-13-21(28)26-25-12-14-1-8-18(9-2-14)33-22(29)15-3-6-17(7-4-15)27(30)31/h1-12H,13H2,(H,26,28)/b25-12+. The highest BCUT2D eigenvalue weighted by Crippen LogP contribution is 2.27. The Morgan fingerprint density at radius 2 is 1.79 bits per heavy atom. The number of carbonyl (C=O) groups is 2. The van der Waals surface area contributed by atoms with Gasteiger partial charge in [0.1, 0.15) is 11.5 Å². The average Bonchev–Trinajstić information content (AvgIpc) is 2.79. The Kier molecular flexibility index (Phi) is 8.11. The van der Waals surface area contributed by atoms with Gasteiger partial charge in [0.2, 0.25) is 0 Å². The predicted octanol–water partition coefficient (Wildman–Crippen LogP) is 4.76. The molecule has 0 heterocycles. The van der Waals surface area contributed by atoms with Crippen molar-refractivity contribution in [2.45, 2.75) is 0 Å². The van der Waals surface area contributed by atoms with Gasteiger partial charge in [-0.05, 0) is 76.1 Å². The van der Waals surface area contributed by atoms with E-state index in [0.29, 0.717) is 20.8 Å². The van der Waals surface area contributed by atoms with Gasteiger partial charge in [-0.1, -0.05) is 11.6 Å². The molecule has 0 aliphatic heterocycles. The van der Waals surface area contributed by atoms with Gasteiger partial charge >= 0.3 is 5.97 Å². The lowest BCUT2D eigenvalue weighted by molar-refractivity contribution is -0.384. The summed E-state index contributed by atoms with van der Waals surface area (Å²) in [7, 11) is 0. The molecule has 0 saturated carbocycles. The number of hydrogen-bond donors (Lipinski definition) is 1. The minimum Gasteiger partial charge on any atom is -0.483 e. The molecule has 33 heavy (non-hydrogen) atoms. The molecule has 11 heteroatoms. The van der Waals surface area contributed by atoms with Crippen LogP contribution in [-0.4, -0.2) is 29.6 Å². The highest BCUT2D eigenvalue weighted by molar-refractivity contribution is 9.10. The molecule has 0 unspecified atom stereocenters. The van der Waals surface area contributed by atoms with Crippen LogP contribution in [0.15, 0.2) is 76.3 Å². The van der Waals surface area contributed by atoms with Gasteiger partial charge < -0.3 is 9.47 Å². The molecule has 0 fully saturated rings. The molecular weight excluding hydrogens is 518 g/mol. The van der Waals surface area contributed by atoms with Crippen LogP contribution in [0, 0.1) is 10.1 Å². The van der Waals surface area contributed by atoms with Crippen molar-refractivity contribution in [2.24, 2.45) is 5.10 Å². The fourth-order valence-corrected chi connectivity index (χ4v) is 3.25. The Morgan fingerprint density at radius 3 is 2.42 bits per heavy atom. The predicted molar refractivity (Wildman–Crippen MR) is 125 cm³/mol. The van der Waals surface area contributed by atoms with Crippen molar-refractivity contribution in [3.8, 4) is 11.5 Å². The van der Waals surface area contributed by atoms with Crippen LogP contribution < -0.4 is 14.9 Å². The van der Waals surface area contributed by atoms with E-state index < -0.39 is 16.8 Å². The zero-order chi connectivity index (χ0) is 23.8. The number of esters is 1. The van der Waals surface area contributed by atoms with Crippen molar-refractivity contribution >= 4 is 51.3 Å². The monoisotopic (exact) mass is 531 g/mol. The molecule has 9 nitrogen and oxygen atoms in total. The Hall–Kier alpha value is -3.76. The summed E-state index contributed by atoms with van der Waals surface area (Å²) in [6, 6.07) is 16.4. The van der Waals surface area contributed by atoms with Gasteiger partial charge in [-0.25, -0.2) is 10.2 Å². The van der Waals surface area contributed by atoms with Gasteiger partial charge in [0.05, 0.1) is 21.2 Å². The maximum absolute atomic E-state index is 12.1. The third kappa shape index (κ3) is 7.13. The van der Waals surface area contributed by atoms with Crippen LogP contribution in [0.25, 0.3) is 0 Å². The largest absolute Gasteiger partial charge is 0.483 e. The van der Waals surface area contributed by atoms with Crippen LogP contribution in [-0.2, 0) is 4.79 Å². The molecule has 0 aromatic heterocycles. The van der Waals surface area contributed by atoms with Crippen molar-refractivity contribution in [3.63, 3.8) is 0 Å². The normalized spacial score (nSPS) is 10.6. The lowest BCUT2D eigenvalue weighted by Crippen LogP contribution is -2.24. The van der Waals surface area contributed by atoms with Crippen LogP contribution in [0.1, 0.15) is 15.9 Å². The van der Waals surface area contributed by atoms with Crippen LogP contribution in [0.2, 0.25) is 5.02 Å². The second-order valence-electron chi connectivity index (χ2n) is 6.42. The van der Waals surface area contributed by atoms with E-state index >= 15 is 0 Å². The number of halogens is 2. The van der Waals surface area contributed by atoms with E-state index in [4.69, 9.17) is 21.1 Å². The van der Waals surface area contributed by atoms with E-state index in [1.165, 1.54) is 30.5 Å². The Balaban J connectivity index is 1.47. The number of nitrogens with zero attached hydrogens (tertiary/aromatic N) is 2. The fraction of sp³-hybridized carbons (Fsp3) is 0.0455. The second kappa shape index (κ2) is 11.2. The smallest absolute Gasteiger partial charge is 0.343 e. The Morgan fingerprint density at radius 1 is 1.09 bits per heavy atom. The quantitative estimate of drug-likeness (QED) is 0.147. The molecule has 0 atom stereocenters. The molecule has 0 radical (unpaired) electrons. The van der Waals surface area contributed by atoms with E-state index in [1.54, 1.807) is 42.5 Å². The maximum atomic E-state index is 12.1. The summed E-state index contributed by atoms with van der Waals surface area (Å²) in [5.74, 6) is -0.355. The molecule has 3 rings (SSSR count). The second-order valence-corrected chi connectivity index (χ2v) is 7.71. The summed E-state index contributed by atoms with van der Waals surface area (Å²) >= 11 is 9.15. The van der Waals surface area contributed by atoms with Crippen LogP contribution in [0.3, 0.4) is 0 Å². The number of ether oxygens (including phenoxy) is 2. The molecule has 1 amide bonds. The molecule has 3 aromatic rings. The van der Waals surface area contributed by atoms with Crippen LogP contribution in [0.5, 0.6) is 11.5 Å². The molecule has 168 valence electrons. The number of nitro benzene ring substituents is 1. The first-order valence-corrected chi connectivity index (χ1v) is 10.5. The first kappa shape index (κ1) is 23.9. The summed E-state index contributed by atoms with van der Waals surface area (Å²) in [4.78, 5) is 34.1. The third-order valence-corrected chi connectivity index (χ3v) is 4.91. The summed E-state index contributed by atoms with van der Waals surface area (Å²) < 4.78 is 11.3. The molecular formula is C22H15BrClN3O6. The Bertz CT molecular complexity index is 1200. The van der Waals surface area contributed by atoms with Crippen LogP contribution >= 0.6 is 27.5 Å². The van der Waals surface area contributed by atoms with Crippen molar-refractivity contribution in [2.75, 3.05) is 6.61 Å². The lowest BCUT2D eigenvalue weighted by Gasteiger charge is -2.07. The molecule has 0 aliphatic carbocycles. The van der Waals surface area contributed by atoms with Gasteiger partial charge in [0, 0.05) is 17.2 Å². The highest BCUT2D eigenvalue weighted by Gasteiger charge is 2.11. The van der Waals surface area contributed by atoms with E-state index in [-0.39, 0.29) is 23.6 Å². The molecule has 0 aliphatic rings. The van der Waals surface area contributed by atoms with Gasteiger partial charge in [-0.2, -0.15) is 5.10 Å². The summed E-state index contributed by atoms with van der Waals surface area (Å²) in [6.07, 6.45) is 1.41. The zero-order valence-corrected chi connectivity index (χ0v) is 19.1. The topological polar surface area (TPSA) is 120 Å². The molecule has 0 bridgehead atoms. The van der Waals surface area contributed by atoms with Crippen molar-refractivity contribution in [1.82, 2.24) is 5.43 Å². The number of nitro groups is 1. The van der Waals surface area contributed by atoms with Crippen molar-refractivity contribution in [1.29, 1.82) is 0 Å². The van der Waals surface area contributed by atoms with Crippen LogP contribution in [0.4, 0.5) is 5.69 Å². The van der Waals surface area contributed by atoms with Gasteiger partial charge in [0.15, 0.2) is 6.61 Å². The van der Waals surface area contributed by atoms with Gasteiger partial charge in [-0.15, -0.1) is 0 Å². The number of hydrogen-bond acceptors (Lipinski definition) is 7. The van der Waals surface area contributed by atoms with E-state index in [2.05, 4.69) is 26.5 Å². The molecule has 0 spiro atoms. The number of rotatable bonds is 8. The van der Waals surface area contributed by atoms with Gasteiger partial charge in [0.25, 0.3) is 11.6 Å². The Labute approximate surface area is 201 Å². The molecule has 1 N–H and O–H groups in total. The number of benzene rings is 3.